The lowest BCUT2D eigenvalue weighted by molar-refractivity contribution is 0.288. The van der Waals surface area contributed by atoms with Gasteiger partial charge >= 0.3 is 0 Å². The first-order chi connectivity index (χ1) is 10.2. The minimum absolute atomic E-state index is 0.620. The number of ether oxygens (including phenoxy) is 2. The molecule has 0 unspecified atom stereocenters. The lowest BCUT2D eigenvalue weighted by Crippen LogP contribution is -2.02. The van der Waals surface area contributed by atoms with E-state index in [-0.39, 0.29) is 0 Å². The summed E-state index contributed by atoms with van der Waals surface area (Å²) in [6.07, 6.45) is 0. The molecule has 0 aliphatic rings. The van der Waals surface area contributed by atoms with Gasteiger partial charge in [-0.05, 0) is 43.7 Å². The van der Waals surface area contributed by atoms with Crippen LogP contribution in [-0.4, -0.2) is 13.2 Å². The molecule has 0 fully saturated rings. The Hall–Kier alpha value is -1.68. The van der Waals surface area contributed by atoms with Crippen LogP contribution in [0, 0.1) is 0 Å². The number of nitrogens with one attached hydrogen (secondary N) is 1. The molecule has 3 nitrogen and oxygen atoms in total. The molecule has 0 saturated heterocycles. The number of anilines is 1. The van der Waals surface area contributed by atoms with E-state index in [1.165, 1.54) is 5.56 Å². The lowest BCUT2D eigenvalue weighted by atomic mass is 10.2. The zero-order valence-electron chi connectivity index (χ0n) is 12.4. The summed E-state index contributed by atoms with van der Waals surface area (Å²) in [5, 5.41) is 3.40. The molecule has 0 saturated carbocycles. The van der Waals surface area contributed by atoms with Crippen LogP contribution in [0.1, 0.15) is 19.4 Å². The van der Waals surface area contributed by atoms with Crippen molar-refractivity contribution in [2.24, 2.45) is 0 Å². The molecule has 2 aromatic rings. The molecule has 21 heavy (non-hydrogen) atoms. The Morgan fingerprint density at radius 3 is 2.43 bits per heavy atom. The van der Waals surface area contributed by atoms with Crippen molar-refractivity contribution in [3.05, 3.63) is 52.5 Å². The van der Waals surface area contributed by atoms with E-state index in [4.69, 9.17) is 9.47 Å². The second-order valence-corrected chi connectivity index (χ2v) is 5.43. The van der Waals surface area contributed by atoms with Crippen LogP contribution in [0.2, 0.25) is 0 Å². The first kappa shape index (κ1) is 15.7. The average Bonchev–Trinajstić information content (AvgIpc) is 2.48. The fourth-order valence-corrected chi connectivity index (χ4v) is 2.46. The average molecular weight is 350 g/mol. The third-order valence-electron chi connectivity index (χ3n) is 2.93. The van der Waals surface area contributed by atoms with E-state index in [1.807, 2.05) is 44.2 Å². The minimum atomic E-state index is 0.620. The van der Waals surface area contributed by atoms with Crippen molar-refractivity contribution in [2.75, 3.05) is 18.5 Å². The molecular weight excluding hydrogens is 330 g/mol. The molecule has 4 heteroatoms. The van der Waals surface area contributed by atoms with Gasteiger partial charge in [0.15, 0.2) is 11.5 Å². The first-order valence-electron chi connectivity index (χ1n) is 7.11. The Morgan fingerprint density at radius 2 is 1.71 bits per heavy atom. The third-order valence-corrected chi connectivity index (χ3v) is 3.42. The quantitative estimate of drug-likeness (QED) is 0.774. The zero-order chi connectivity index (χ0) is 15.1. The summed E-state index contributed by atoms with van der Waals surface area (Å²) in [5.41, 5.74) is 2.23. The molecule has 0 aromatic heterocycles. The van der Waals surface area contributed by atoms with Gasteiger partial charge in [-0.15, -0.1) is 0 Å². The highest BCUT2D eigenvalue weighted by Gasteiger charge is 2.06. The van der Waals surface area contributed by atoms with Crippen LogP contribution < -0.4 is 14.8 Å². The summed E-state index contributed by atoms with van der Waals surface area (Å²) < 4.78 is 12.3. The molecule has 0 bridgehead atoms. The van der Waals surface area contributed by atoms with E-state index in [0.29, 0.717) is 13.2 Å². The summed E-state index contributed by atoms with van der Waals surface area (Å²) in [7, 11) is 0. The van der Waals surface area contributed by atoms with Gasteiger partial charge in [-0.3, -0.25) is 0 Å². The Kier molecular flexibility index (Phi) is 5.93. The zero-order valence-corrected chi connectivity index (χ0v) is 13.9. The SMILES string of the molecule is CCOc1ccc(NCc2cccc(Br)c2)cc1OCC. The number of hydrogen-bond acceptors (Lipinski definition) is 3. The standard InChI is InChI=1S/C17H20BrNO2/c1-3-20-16-9-8-15(11-17(16)21-4-2)19-12-13-6-5-7-14(18)10-13/h5-11,19H,3-4,12H2,1-2H3. The van der Waals surface area contributed by atoms with Gasteiger partial charge < -0.3 is 14.8 Å². The molecule has 0 heterocycles. The number of rotatable bonds is 7. The van der Waals surface area contributed by atoms with Crippen molar-refractivity contribution >= 4 is 21.6 Å². The maximum Gasteiger partial charge on any atom is 0.163 e. The van der Waals surface area contributed by atoms with Crippen LogP contribution in [0.25, 0.3) is 0 Å². The second-order valence-electron chi connectivity index (χ2n) is 4.51. The Morgan fingerprint density at radius 1 is 0.952 bits per heavy atom. The summed E-state index contributed by atoms with van der Waals surface area (Å²) in [6, 6.07) is 14.2. The molecule has 2 rings (SSSR count). The molecule has 0 atom stereocenters. The van der Waals surface area contributed by atoms with Crippen molar-refractivity contribution in [2.45, 2.75) is 20.4 Å². The molecule has 0 aliphatic carbocycles. The second kappa shape index (κ2) is 7.93. The Balaban J connectivity index is 2.07. The van der Waals surface area contributed by atoms with Gasteiger partial charge in [0.05, 0.1) is 13.2 Å². The largest absolute Gasteiger partial charge is 0.490 e. The maximum atomic E-state index is 5.63. The summed E-state index contributed by atoms with van der Waals surface area (Å²) >= 11 is 3.48. The molecular formula is C17H20BrNO2. The van der Waals surface area contributed by atoms with Crippen LogP contribution in [0.5, 0.6) is 11.5 Å². The van der Waals surface area contributed by atoms with Crippen molar-refractivity contribution in [3.63, 3.8) is 0 Å². The minimum Gasteiger partial charge on any atom is -0.490 e. The van der Waals surface area contributed by atoms with E-state index < -0.39 is 0 Å². The van der Waals surface area contributed by atoms with Crippen molar-refractivity contribution in [3.8, 4) is 11.5 Å². The Bertz CT molecular complexity index is 587. The van der Waals surface area contributed by atoms with Gasteiger partial charge in [-0.2, -0.15) is 0 Å². The fraction of sp³-hybridized carbons (Fsp3) is 0.294. The highest BCUT2D eigenvalue weighted by Crippen LogP contribution is 2.30. The molecule has 0 spiro atoms. The van der Waals surface area contributed by atoms with Gasteiger partial charge in [0.25, 0.3) is 0 Å². The molecule has 0 aliphatic heterocycles. The normalized spacial score (nSPS) is 10.2. The third kappa shape index (κ3) is 4.67. The molecule has 0 amide bonds. The van der Waals surface area contributed by atoms with Crippen molar-refractivity contribution < 1.29 is 9.47 Å². The van der Waals surface area contributed by atoms with Gasteiger partial charge in [-0.25, -0.2) is 0 Å². The van der Waals surface area contributed by atoms with Crippen molar-refractivity contribution in [1.29, 1.82) is 0 Å². The first-order valence-corrected chi connectivity index (χ1v) is 7.90. The van der Waals surface area contributed by atoms with Crippen LogP contribution in [0.4, 0.5) is 5.69 Å². The van der Waals surface area contributed by atoms with Gasteiger partial charge in [0.1, 0.15) is 0 Å². The molecule has 0 radical (unpaired) electrons. The fourth-order valence-electron chi connectivity index (χ4n) is 2.01. The van der Waals surface area contributed by atoms with E-state index >= 15 is 0 Å². The monoisotopic (exact) mass is 349 g/mol. The molecule has 112 valence electrons. The van der Waals surface area contributed by atoms with Crippen LogP contribution in [0.15, 0.2) is 46.9 Å². The highest BCUT2D eigenvalue weighted by molar-refractivity contribution is 9.10. The van der Waals surface area contributed by atoms with Gasteiger partial charge in [0.2, 0.25) is 0 Å². The lowest BCUT2D eigenvalue weighted by Gasteiger charge is -2.13. The van der Waals surface area contributed by atoms with Crippen LogP contribution in [0.3, 0.4) is 0 Å². The molecule has 2 aromatic carbocycles. The van der Waals surface area contributed by atoms with Gasteiger partial charge in [-0.1, -0.05) is 28.1 Å². The van der Waals surface area contributed by atoms with Crippen LogP contribution >= 0.6 is 15.9 Å². The Labute approximate surface area is 134 Å². The maximum absolute atomic E-state index is 5.63. The molecule has 1 N–H and O–H groups in total. The predicted octanol–water partition coefficient (Wildman–Crippen LogP) is 4.86. The number of hydrogen-bond donors (Lipinski definition) is 1. The number of halogens is 1. The topological polar surface area (TPSA) is 30.5 Å². The van der Waals surface area contributed by atoms with Gasteiger partial charge in [0, 0.05) is 22.8 Å². The van der Waals surface area contributed by atoms with E-state index in [2.05, 4.69) is 33.4 Å². The summed E-state index contributed by atoms with van der Waals surface area (Å²) in [6.45, 7) is 5.95. The smallest absolute Gasteiger partial charge is 0.163 e. The number of benzene rings is 2. The van der Waals surface area contributed by atoms with E-state index in [1.54, 1.807) is 0 Å². The van der Waals surface area contributed by atoms with E-state index in [9.17, 15) is 0 Å². The van der Waals surface area contributed by atoms with Crippen LogP contribution in [-0.2, 0) is 6.54 Å². The van der Waals surface area contributed by atoms with Crippen molar-refractivity contribution in [1.82, 2.24) is 0 Å². The predicted molar refractivity (Wildman–Crippen MR) is 90.2 cm³/mol. The highest BCUT2D eigenvalue weighted by atomic mass is 79.9. The van der Waals surface area contributed by atoms with E-state index in [0.717, 1.165) is 28.2 Å². The summed E-state index contributed by atoms with van der Waals surface area (Å²) in [4.78, 5) is 0. The summed E-state index contributed by atoms with van der Waals surface area (Å²) in [5.74, 6) is 1.56.